The monoisotopic (exact) mass is 271 g/mol. The van der Waals surface area contributed by atoms with Crippen molar-refractivity contribution in [2.75, 3.05) is 6.54 Å². The molecule has 0 spiro atoms. The van der Waals surface area contributed by atoms with Crippen LogP contribution in [0.5, 0.6) is 0 Å². The Labute approximate surface area is 119 Å². The van der Waals surface area contributed by atoms with Crippen LogP contribution in [0.4, 0.5) is 0 Å². The van der Waals surface area contributed by atoms with Crippen LogP contribution in [0.15, 0.2) is 12.1 Å². The topological polar surface area (TPSA) is 46.9 Å². The lowest BCUT2D eigenvalue weighted by Gasteiger charge is -2.13. The van der Waals surface area contributed by atoms with E-state index in [1.54, 1.807) is 6.92 Å². The summed E-state index contributed by atoms with van der Waals surface area (Å²) in [6, 6.07) is 4.36. The Morgan fingerprint density at radius 1 is 1.50 bits per heavy atom. The number of fused-ring (bicyclic) bond motifs is 3. The lowest BCUT2D eigenvalue weighted by Crippen LogP contribution is -2.22. The third-order valence-electron chi connectivity index (χ3n) is 4.46. The lowest BCUT2D eigenvalue weighted by atomic mass is 9.93. The molecular formula is C16H21N3O. The summed E-state index contributed by atoms with van der Waals surface area (Å²) in [4.78, 5) is 11.0. The first-order chi connectivity index (χ1) is 9.58. The first-order valence-corrected chi connectivity index (χ1v) is 7.27. The highest BCUT2D eigenvalue weighted by Gasteiger charge is 2.26. The number of hydrogen-bond donors (Lipinski definition) is 1. The molecule has 1 heterocycles. The Morgan fingerprint density at radius 2 is 2.30 bits per heavy atom. The molecule has 20 heavy (non-hydrogen) atoms. The van der Waals surface area contributed by atoms with Crippen molar-refractivity contribution in [3.05, 3.63) is 29.0 Å². The molecule has 1 atom stereocenters. The van der Waals surface area contributed by atoms with E-state index in [-0.39, 0.29) is 5.91 Å². The van der Waals surface area contributed by atoms with Gasteiger partial charge in [-0.15, -0.1) is 0 Å². The summed E-state index contributed by atoms with van der Waals surface area (Å²) in [5.41, 5.74) is 5.26. The minimum atomic E-state index is 0.0546. The van der Waals surface area contributed by atoms with Gasteiger partial charge in [0, 0.05) is 31.6 Å². The minimum Gasteiger partial charge on any atom is -0.356 e. The van der Waals surface area contributed by atoms with Crippen molar-refractivity contribution in [2.24, 2.45) is 7.05 Å². The van der Waals surface area contributed by atoms with Crippen LogP contribution in [-0.2, 0) is 18.3 Å². The lowest BCUT2D eigenvalue weighted by molar-refractivity contribution is -0.118. The van der Waals surface area contributed by atoms with Crippen LogP contribution in [0.25, 0.3) is 10.9 Å². The minimum absolute atomic E-state index is 0.0546. The zero-order valence-electron chi connectivity index (χ0n) is 12.4. The number of aromatic nitrogens is 2. The van der Waals surface area contributed by atoms with Gasteiger partial charge in [-0.05, 0) is 49.3 Å². The Morgan fingerprint density at radius 3 is 3.05 bits per heavy atom. The normalized spacial score (nSPS) is 17.4. The fourth-order valence-corrected chi connectivity index (χ4v) is 3.38. The smallest absolute Gasteiger partial charge is 0.216 e. The third kappa shape index (κ3) is 2.09. The molecule has 1 aliphatic rings. The highest BCUT2D eigenvalue weighted by atomic mass is 16.1. The molecule has 106 valence electrons. The Balaban J connectivity index is 1.96. The molecule has 1 amide bonds. The Hall–Kier alpha value is -1.84. The molecular weight excluding hydrogens is 250 g/mol. The summed E-state index contributed by atoms with van der Waals surface area (Å²) < 4.78 is 1.97. The fraction of sp³-hybridized carbons (Fsp3) is 0.500. The van der Waals surface area contributed by atoms with E-state index in [1.807, 2.05) is 11.7 Å². The molecule has 4 nitrogen and oxygen atoms in total. The van der Waals surface area contributed by atoms with Gasteiger partial charge in [-0.3, -0.25) is 9.48 Å². The molecule has 0 radical (unpaired) electrons. The maximum atomic E-state index is 11.0. The summed E-state index contributed by atoms with van der Waals surface area (Å²) in [5, 5.41) is 8.82. The highest BCUT2D eigenvalue weighted by molar-refractivity contribution is 5.87. The number of aryl methyl sites for hydroxylation is 3. The molecule has 1 aromatic carbocycles. The fourth-order valence-electron chi connectivity index (χ4n) is 3.38. The summed E-state index contributed by atoms with van der Waals surface area (Å²) in [5.74, 6) is 0.599. The predicted octanol–water partition coefficient (Wildman–Crippen LogP) is 2.44. The van der Waals surface area contributed by atoms with E-state index >= 15 is 0 Å². The van der Waals surface area contributed by atoms with Crippen LogP contribution < -0.4 is 5.32 Å². The summed E-state index contributed by atoms with van der Waals surface area (Å²) in [7, 11) is 2.00. The van der Waals surface area contributed by atoms with Crippen molar-refractivity contribution in [3.8, 4) is 0 Å². The number of hydrogen-bond acceptors (Lipinski definition) is 2. The molecule has 4 heteroatoms. The van der Waals surface area contributed by atoms with Gasteiger partial charge in [0.2, 0.25) is 5.91 Å². The van der Waals surface area contributed by atoms with Crippen LogP contribution >= 0.6 is 0 Å². The second-order valence-electron chi connectivity index (χ2n) is 5.75. The van der Waals surface area contributed by atoms with Crippen molar-refractivity contribution < 1.29 is 4.79 Å². The quantitative estimate of drug-likeness (QED) is 0.932. The van der Waals surface area contributed by atoms with Crippen LogP contribution in [0.1, 0.15) is 42.5 Å². The number of nitrogens with one attached hydrogen (secondary N) is 1. The highest BCUT2D eigenvalue weighted by Crippen LogP contribution is 2.40. The van der Waals surface area contributed by atoms with Gasteiger partial charge in [0.25, 0.3) is 0 Å². The Bertz CT molecular complexity index is 672. The van der Waals surface area contributed by atoms with Gasteiger partial charge < -0.3 is 5.32 Å². The van der Waals surface area contributed by atoms with Crippen molar-refractivity contribution in [1.29, 1.82) is 0 Å². The van der Waals surface area contributed by atoms with Gasteiger partial charge in [-0.1, -0.05) is 6.07 Å². The van der Waals surface area contributed by atoms with Gasteiger partial charge in [-0.25, -0.2) is 0 Å². The predicted molar refractivity (Wildman–Crippen MR) is 79.8 cm³/mol. The summed E-state index contributed by atoms with van der Waals surface area (Å²) >= 11 is 0. The Kier molecular flexibility index (Phi) is 3.24. The van der Waals surface area contributed by atoms with E-state index in [0.29, 0.717) is 5.92 Å². The summed E-state index contributed by atoms with van der Waals surface area (Å²) in [6.07, 6.45) is 3.34. The van der Waals surface area contributed by atoms with Gasteiger partial charge in [0.15, 0.2) is 0 Å². The molecule has 0 aliphatic heterocycles. The molecule has 1 aromatic heterocycles. The van der Waals surface area contributed by atoms with E-state index in [4.69, 9.17) is 0 Å². The zero-order chi connectivity index (χ0) is 14.3. The van der Waals surface area contributed by atoms with E-state index in [2.05, 4.69) is 29.5 Å². The molecule has 0 saturated carbocycles. The first kappa shape index (κ1) is 13.2. The summed E-state index contributed by atoms with van der Waals surface area (Å²) in [6.45, 7) is 4.47. The average molecular weight is 271 g/mol. The molecule has 1 aliphatic carbocycles. The largest absolute Gasteiger partial charge is 0.356 e. The molecule has 0 unspecified atom stereocenters. The number of benzene rings is 1. The van der Waals surface area contributed by atoms with E-state index < -0.39 is 0 Å². The van der Waals surface area contributed by atoms with Crippen molar-refractivity contribution in [3.63, 3.8) is 0 Å². The number of carbonyl (C=O) groups excluding carboxylic acids is 1. The van der Waals surface area contributed by atoms with E-state index in [9.17, 15) is 4.79 Å². The van der Waals surface area contributed by atoms with Gasteiger partial charge >= 0.3 is 0 Å². The number of amides is 1. The second kappa shape index (κ2) is 4.93. The second-order valence-corrected chi connectivity index (χ2v) is 5.75. The SMILES string of the molecule is CC(=O)NCC[C@@H]1CCc2ccc3nn(C)c(C)c3c21. The van der Waals surface area contributed by atoms with Crippen molar-refractivity contribution >= 4 is 16.8 Å². The molecule has 1 N–H and O–H groups in total. The molecule has 0 fully saturated rings. The van der Waals surface area contributed by atoms with Gasteiger partial charge in [0.05, 0.1) is 5.52 Å². The molecule has 2 aromatic rings. The van der Waals surface area contributed by atoms with Crippen molar-refractivity contribution in [2.45, 2.75) is 39.0 Å². The third-order valence-corrected chi connectivity index (χ3v) is 4.46. The van der Waals surface area contributed by atoms with E-state index in [0.717, 1.165) is 24.9 Å². The van der Waals surface area contributed by atoms with E-state index in [1.165, 1.54) is 28.6 Å². The number of nitrogens with zero attached hydrogens (tertiary/aromatic N) is 2. The van der Waals surface area contributed by atoms with Crippen LogP contribution in [0.3, 0.4) is 0 Å². The average Bonchev–Trinajstić information content (AvgIpc) is 2.92. The maximum Gasteiger partial charge on any atom is 0.216 e. The maximum absolute atomic E-state index is 11.0. The molecule has 3 rings (SSSR count). The number of rotatable bonds is 3. The van der Waals surface area contributed by atoms with Crippen LogP contribution in [0, 0.1) is 6.92 Å². The van der Waals surface area contributed by atoms with Gasteiger partial charge in [-0.2, -0.15) is 5.10 Å². The van der Waals surface area contributed by atoms with Crippen molar-refractivity contribution in [1.82, 2.24) is 15.1 Å². The number of carbonyl (C=O) groups is 1. The standard InChI is InChI=1S/C16H21N3O/c1-10-15-14(18-19(10)3)7-6-12-4-5-13(16(12)15)8-9-17-11(2)20/h6-7,13H,4-5,8-9H2,1-3H3,(H,17,20)/t13-/m0/s1. The van der Waals surface area contributed by atoms with Gasteiger partial charge in [0.1, 0.15) is 0 Å². The van der Waals surface area contributed by atoms with Crippen LogP contribution in [0.2, 0.25) is 0 Å². The first-order valence-electron chi connectivity index (χ1n) is 7.27. The zero-order valence-corrected chi connectivity index (χ0v) is 12.4. The van der Waals surface area contributed by atoms with Crippen LogP contribution in [-0.4, -0.2) is 22.2 Å². The molecule has 0 bridgehead atoms. The molecule has 0 saturated heterocycles.